The van der Waals surface area contributed by atoms with Gasteiger partial charge in [0.15, 0.2) is 0 Å². The lowest BCUT2D eigenvalue weighted by atomic mass is 9.90. The maximum absolute atomic E-state index is 11.5. The van der Waals surface area contributed by atoms with Crippen LogP contribution in [0.4, 0.5) is 5.69 Å². The Balaban J connectivity index is 1.48. The Morgan fingerprint density at radius 2 is 1.93 bits per heavy atom. The molecule has 0 amide bonds. The van der Waals surface area contributed by atoms with Crippen LogP contribution in [0.25, 0.3) is 10.9 Å². The molecule has 3 aliphatic heterocycles. The van der Waals surface area contributed by atoms with E-state index in [1.807, 2.05) is 12.1 Å². The van der Waals surface area contributed by atoms with Gasteiger partial charge in [0.1, 0.15) is 0 Å². The van der Waals surface area contributed by atoms with Gasteiger partial charge in [-0.25, -0.2) is 0 Å². The SMILES string of the molecule is [O-]N(O)c1cccc(C2N3CCCCC3C3c4[nH]c5ccccc5c4CCN32)c1. The van der Waals surface area contributed by atoms with E-state index in [0.717, 1.165) is 25.1 Å². The van der Waals surface area contributed by atoms with Gasteiger partial charge in [0.25, 0.3) is 0 Å². The number of para-hydroxylation sites is 1. The van der Waals surface area contributed by atoms with Crippen LogP contribution < -0.4 is 5.23 Å². The highest BCUT2D eigenvalue weighted by atomic mass is 16.8. The van der Waals surface area contributed by atoms with E-state index in [0.29, 0.717) is 17.8 Å². The van der Waals surface area contributed by atoms with Crippen LogP contribution in [0.2, 0.25) is 0 Å². The van der Waals surface area contributed by atoms with Crippen LogP contribution in [0.3, 0.4) is 0 Å². The standard InChI is InChI=1S/C23H25N4O2/c28-27(29)16-7-5-6-15(14-16)23-25-12-4-3-10-20(25)22-21-18(11-13-26(22)23)17-8-1-2-9-19(17)24-21/h1-2,5-9,14,20,22-24,28H,3-4,10-13H2/q-1. The Hall–Kier alpha value is -2.38. The molecule has 0 radical (unpaired) electrons. The molecule has 2 fully saturated rings. The number of anilines is 1. The van der Waals surface area contributed by atoms with E-state index in [2.05, 4.69) is 45.1 Å². The summed E-state index contributed by atoms with van der Waals surface area (Å²) in [4.78, 5) is 8.99. The van der Waals surface area contributed by atoms with Crippen LogP contribution in [0.5, 0.6) is 0 Å². The smallest absolute Gasteiger partial charge is 0.0896 e. The molecule has 3 aromatic rings. The average molecular weight is 389 g/mol. The normalized spacial score (nSPS) is 26.9. The summed E-state index contributed by atoms with van der Waals surface area (Å²) in [6.07, 6.45) is 4.84. The molecular weight excluding hydrogens is 364 g/mol. The highest BCUT2D eigenvalue weighted by Gasteiger charge is 2.51. The Morgan fingerprint density at radius 1 is 1.03 bits per heavy atom. The van der Waals surface area contributed by atoms with E-state index in [9.17, 15) is 10.4 Å². The summed E-state index contributed by atoms with van der Waals surface area (Å²) in [7, 11) is 0. The second kappa shape index (κ2) is 6.57. The number of H-pyrrole nitrogens is 1. The van der Waals surface area contributed by atoms with Gasteiger partial charge in [-0.3, -0.25) is 15.0 Å². The molecule has 2 saturated heterocycles. The molecule has 2 aromatic carbocycles. The number of hydrogen-bond acceptors (Lipinski definition) is 5. The van der Waals surface area contributed by atoms with Crippen molar-refractivity contribution in [2.75, 3.05) is 18.3 Å². The minimum atomic E-state index is -0.0321. The number of aromatic amines is 1. The van der Waals surface area contributed by atoms with Crippen molar-refractivity contribution < 1.29 is 5.21 Å². The third-order valence-electron chi connectivity index (χ3n) is 7.09. The van der Waals surface area contributed by atoms with E-state index in [1.165, 1.54) is 41.4 Å². The lowest BCUT2D eigenvalue weighted by molar-refractivity contribution is 0.0977. The van der Waals surface area contributed by atoms with Crippen LogP contribution in [-0.2, 0) is 6.42 Å². The first kappa shape index (κ1) is 17.5. The summed E-state index contributed by atoms with van der Waals surface area (Å²) < 4.78 is 0. The minimum absolute atomic E-state index is 0.0321. The Kier molecular flexibility index (Phi) is 3.96. The van der Waals surface area contributed by atoms with Crippen molar-refractivity contribution in [1.29, 1.82) is 0 Å². The summed E-state index contributed by atoms with van der Waals surface area (Å²) >= 11 is 0. The molecule has 0 aliphatic carbocycles. The fourth-order valence-corrected chi connectivity index (χ4v) is 5.98. The molecule has 29 heavy (non-hydrogen) atoms. The zero-order valence-electron chi connectivity index (χ0n) is 16.3. The summed E-state index contributed by atoms with van der Waals surface area (Å²) in [5, 5.41) is 22.2. The van der Waals surface area contributed by atoms with Crippen molar-refractivity contribution in [2.45, 2.75) is 43.9 Å². The van der Waals surface area contributed by atoms with E-state index >= 15 is 0 Å². The molecule has 0 saturated carbocycles. The molecule has 6 heteroatoms. The molecule has 6 nitrogen and oxygen atoms in total. The predicted molar refractivity (Wildman–Crippen MR) is 113 cm³/mol. The highest BCUT2D eigenvalue weighted by Crippen LogP contribution is 2.51. The van der Waals surface area contributed by atoms with Crippen molar-refractivity contribution in [1.82, 2.24) is 14.8 Å². The quantitative estimate of drug-likeness (QED) is 0.639. The first-order valence-electron chi connectivity index (χ1n) is 10.6. The largest absolute Gasteiger partial charge is 0.733 e. The summed E-state index contributed by atoms with van der Waals surface area (Å²) in [6, 6.07) is 16.9. The van der Waals surface area contributed by atoms with Crippen LogP contribution in [0, 0.1) is 5.21 Å². The minimum Gasteiger partial charge on any atom is -0.733 e. The summed E-state index contributed by atoms with van der Waals surface area (Å²) in [5.74, 6) is 0. The fourth-order valence-electron chi connectivity index (χ4n) is 5.98. The van der Waals surface area contributed by atoms with Crippen LogP contribution in [0.1, 0.15) is 48.3 Å². The maximum Gasteiger partial charge on any atom is 0.0896 e. The van der Waals surface area contributed by atoms with Crippen molar-refractivity contribution in [2.24, 2.45) is 0 Å². The molecule has 0 bridgehead atoms. The fraction of sp³-hybridized carbons (Fsp3) is 0.391. The van der Waals surface area contributed by atoms with Gasteiger partial charge in [0.05, 0.1) is 17.9 Å². The first-order valence-corrected chi connectivity index (χ1v) is 10.6. The van der Waals surface area contributed by atoms with Gasteiger partial charge in [0.2, 0.25) is 0 Å². The van der Waals surface area contributed by atoms with Gasteiger partial charge < -0.3 is 15.4 Å². The zero-order valence-corrected chi connectivity index (χ0v) is 16.3. The van der Waals surface area contributed by atoms with Crippen molar-refractivity contribution >= 4 is 16.6 Å². The number of benzene rings is 2. The number of fused-ring (bicyclic) bond motifs is 7. The van der Waals surface area contributed by atoms with Crippen LogP contribution >= 0.6 is 0 Å². The molecule has 3 atom stereocenters. The lowest BCUT2D eigenvalue weighted by Gasteiger charge is -2.35. The van der Waals surface area contributed by atoms with Gasteiger partial charge in [-0.2, -0.15) is 0 Å². The molecule has 6 rings (SSSR count). The molecule has 2 N–H and O–H groups in total. The number of rotatable bonds is 2. The predicted octanol–water partition coefficient (Wildman–Crippen LogP) is 4.33. The molecule has 1 aromatic heterocycles. The first-order chi connectivity index (χ1) is 14.2. The molecule has 0 spiro atoms. The third kappa shape index (κ3) is 2.57. The maximum atomic E-state index is 11.5. The molecule has 3 aliphatic rings. The number of nitrogens with one attached hydrogen (secondary N) is 1. The number of nitrogens with zero attached hydrogens (tertiary/aromatic N) is 3. The molecule has 4 heterocycles. The van der Waals surface area contributed by atoms with E-state index in [-0.39, 0.29) is 11.4 Å². The van der Waals surface area contributed by atoms with Gasteiger partial charge in [-0.05, 0) is 48.6 Å². The van der Waals surface area contributed by atoms with Gasteiger partial charge >= 0.3 is 0 Å². The number of hydrogen-bond donors (Lipinski definition) is 2. The Labute approximate surface area is 169 Å². The van der Waals surface area contributed by atoms with Gasteiger partial charge in [-0.15, -0.1) is 0 Å². The van der Waals surface area contributed by atoms with Gasteiger partial charge in [-0.1, -0.05) is 36.8 Å². The Bertz CT molecular complexity index is 1060. The van der Waals surface area contributed by atoms with Gasteiger partial charge in [0, 0.05) is 35.7 Å². The van der Waals surface area contributed by atoms with Crippen LogP contribution in [0.15, 0.2) is 48.5 Å². The highest BCUT2D eigenvalue weighted by molar-refractivity contribution is 5.85. The van der Waals surface area contributed by atoms with E-state index in [1.54, 1.807) is 6.07 Å². The lowest BCUT2D eigenvalue weighted by Crippen LogP contribution is -2.38. The number of aromatic nitrogens is 1. The molecule has 3 unspecified atom stereocenters. The second-order valence-corrected chi connectivity index (χ2v) is 8.54. The Morgan fingerprint density at radius 3 is 2.83 bits per heavy atom. The van der Waals surface area contributed by atoms with Crippen molar-refractivity contribution in [3.8, 4) is 0 Å². The monoisotopic (exact) mass is 389 g/mol. The second-order valence-electron chi connectivity index (χ2n) is 8.54. The summed E-state index contributed by atoms with van der Waals surface area (Å²) in [5.41, 5.74) is 5.46. The number of piperidine rings is 1. The third-order valence-corrected chi connectivity index (χ3v) is 7.09. The average Bonchev–Trinajstić information content (AvgIpc) is 3.29. The van der Waals surface area contributed by atoms with Crippen LogP contribution in [-0.4, -0.2) is 39.1 Å². The topological polar surface area (TPSA) is 68.8 Å². The molecular formula is C23H25N4O2-. The summed E-state index contributed by atoms with van der Waals surface area (Å²) in [6.45, 7) is 2.07. The molecule has 150 valence electrons. The van der Waals surface area contributed by atoms with E-state index < -0.39 is 0 Å². The zero-order chi connectivity index (χ0) is 19.5. The van der Waals surface area contributed by atoms with E-state index in [4.69, 9.17) is 0 Å². The van der Waals surface area contributed by atoms with Crippen molar-refractivity contribution in [3.05, 3.63) is 70.6 Å². The van der Waals surface area contributed by atoms with Crippen molar-refractivity contribution in [3.63, 3.8) is 0 Å².